The Kier molecular flexibility index (Phi) is 5.28. The Balaban J connectivity index is 0.00000256. The molecule has 0 spiro atoms. The number of hydrogen-bond acceptors (Lipinski definition) is 1. The van der Waals surface area contributed by atoms with Crippen LogP contribution in [0.25, 0.3) is 0 Å². The molecule has 0 aromatic heterocycles. The van der Waals surface area contributed by atoms with Gasteiger partial charge in [0.05, 0.1) is 11.6 Å². The fraction of sp³-hybridized carbons (Fsp3) is 0.333. The lowest BCUT2D eigenvalue weighted by Gasteiger charge is -2.17. The van der Waals surface area contributed by atoms with Crippen LogP contribution >= 0.6 is 12.4 Å². The van der Waals surface area contributed by atoms with Gasteiger partial charge in [0.15, 0.2) is 0 Å². The summed E-state index contributed by atoms with van der Waals surface area (Å²) in [7, 11) is 0. The van der Waals surface area contributed by atoms with Gasteiger partial charge in [0.25, 0.3) is 6.43 Å². The van der Waals surface area contributed by atoms with Crippen molar-refractivity contribution in [3.05, 3.63) is 35.1 Å². The molecule has 0 fully saturated rings. The highest BCUT2D eigenvalue weighted by Crippen LogP contribution is 2.35. The van der Waals surface area contributed by atoms with Gasteiger partial charge in [-0.3, -0.25) is 0 Å². The van der Waals surface area contributed by atoms with Gasteiger partial charge < -0.3 is 5.73 Å². The minimum atomic E-state index is -4.91. The molecule has 0 bridgehead atoms. The Bertz CT molecular complexity index is 378. The van der Waals surface area contributed by atoms with E-state index in [9.17, 15) is 26.3 Å². The van der Waals surface area contributed by atoms with Crippen LogP contribution in [0.3, 0.4) is 0 Å². The minimum absolute atomic E-state index is 0. The molecular weight excluding hydrogens is 272 g/mol. The molecule has 0 unspecified atom stereocenters. The van der Waals surface area contributed by atoms with E-state index in [0.29, 0.717) is 12.1 Å². The zero-order chi connectivity index (χ0) is 12.5. The normalized spacial score (nSPS) is 13.4. The molecule has 98 valence electrons. The maximum atomic E-state index is 12.6. The maximum absolute atomic E-state index is 12.6. The summed E-state index contributed by atoms with van der Waals surface area (Å²) in [5.41, 5.74) is 2.63. The van der Waals surface area contributed by atoms with Gasteiger partial charge in [-0.1, -0.05) is 6.07 Å². The molecule has 0 saturated heterocycles. The van der Waals surface area contributed by atoms with Crippen molar-refractivity contribution >= 4 is 12.4 Å². The van der Waals surface area contributed by atoms with Crippen molar-refractivity contribution in [3.8, 4) is 0 Å². The van der Waals surface area contributed by atoms with E-state index < -0.39 is 35.6 Å². The van der Waals surface area contributed by atoms with E-state index in [1.165, 1.54) is 0 Å². The second-order valence-electron chi connectivity index (χ2n) is 3.09. The van der Waals surface area contributed by atoms with E-state index in [4.69, 9.17) is 5.73 Å². The van der Waals surface area contributed by atoms with Crippen molar-refractivity contribution in [2.75, 3.05) is 0 Å². The average Bonchev–Trinajstić information content (AvgIpc) is 2.15. The Morgan fingerprint density at radius 3 is 2.06 bits per heavy atom. The summed E-state index contributed by atoms with van der Waals surface area (Å²) in [6.07, 6.45) is -8.06. The zero-order valence-electron chi connectivity index (χ0n) is 8.14. The van der Waals surface area contributed by atoms with Crippen LogP contribution in [-0.2, 0) is 6.18 Å². The van der Waals surface area contributed by atoms with Gasteiger partial charge in [-0.15, -0.1) is 12.4 Å². The predicted molar refractivity (Wildman–Crippen MR) is 51.6 cm³/mol. The fourth-order valence-electron chi connectivity index (χ4n) is 1.20. The number of rotatable bonds is 2. The molecule has 0 aliphatic rings. The summed E-state index contributed by atoms with van der Waals surface area (Å²) < 4.78 is 74.2. The minimum Gasteiger partial charge on any atom is -0.319 e. The topological polar surface area (TPSA) is 26.0 Å². The molecule has 2 N–H and O–H groups in total. The van der Waals surface area contributed by atoms with Gasteiger partial charge in [0.2, 0.25) is 0 Å². The van der Waals surface area contributed by atoms with Crippen molar-refractivity contribution in [2.45, 2.75) is 18.6 Å². The van der Waals surface area contributed by atoms with Crippen LogP contribution in [0.4, 0.5) is 26.3 Å². The van der Waals surface area contributed by atoms with Crippen LogP contribution in [0, 0.1) is 5.82 Å². The number of nitrogens with two attached hydrogens (primary N) is 1. The number of halogens is 7. The van der Waals surface area contributed by atoms with E-state index >= 15 is 0 Å². The lowest BCUT2D eigenvalue weighted by molar-refractivity contribution is -0.138. The molecule has 1 nitrogen and oxygen atoms in total. The SMILES string of the molecule is Cl.N[C@@H](c1ccc(F)cc1C(F)(F)F)C(F)F. The van der Waals surface area contributed by atoms with Crippen LogP contribution in [-0.4, -0.2) is 6.43 Å². The van der Waals surface area contributed by atoms with Gasteiger partial charge in [-0.05, 0) is 17.7 Å². The first-order valence-electron chi connectivity index (χ1n) is 4.14. The molecule has 8 heteroatoms. The highest BCUT2D eigenvalue weighted by molar-refractivity contribution is 5.85. The second kappa shape index (κ2) is 5.59. The molecule has 17 heavy (non-hydrogen) atoms. The highest BCUT2D eigenvalue weighted by Gasteiger charge is 2.36. The Hall–Kier alpha value is -0.950. The summed E-state index contributed by atoms with van der Waals surface area (Å²) in [4.78, 5) is 0. The van der Waals surface area contributed by atoms with Gasteiger partial charge in [0.1, 0.15) is 5.82 Å². The lowest BCUT2D eigenvalue weighted by Crippen LogP contribution is -2.23. The third-order valence-electron chi connectivity index (χ3n) is 1.95. The van der Waals surface area contributed by atoms with Crippen molar-refractivity contribution in [1.29, 1.82) is 0 Å². The van der Waals surface area contributed by atoms with Gasteiger partial charge in [-0.2, -0.15) is 13.2 Å². The monoisotopic (exact) mass is 279 g/mol. The van der Waals surface area contributed by atoms with Crippen molar-refractivity contribution < 1.29 is 26.3 Å². The maximum Gasteiger partial charge on any atom is 0.416 e. The standard InChI is InChI=1S/C9H7F6N.ClH/c10-4-1-2-5(7(16)8(11)12)6(3-4)9(13,14)15;/h1-3,7-8H,16H2;1H/t7-;/m0./s1. The van der Waals surface area contributed by atoms with Gasteiger partial charge in [-0.25, -0.2) is 13.2 Å². The van der Waals surface area contributed by atoms with Gasteiger partial charge in [0, 0.05) is 0 Å². The summed E-state index contributed by atoms with van der Waals surface area (Å²) in [5.74, 6) is -1.16. The molecule has 0 aliphatic heterocycles. The zero-order valence-corrected chi connectivity index (χ0v) is 8.96. The van der Waals surface area contributed by atoms with E-state index in [1.807, 2.05) is 0 Å². The smallest absolute Gasteiger partial charge is 0.319 e. The molecule has 0 heterocycles. The van der Waals surface area contributed by atoms with Crippen LogP contribution < -0.4 is 5.73 Å². The first-order chi connectivity index (χ1) is 7.23. The quantitative estimate of drug-likeness (QED) is 0.824. The largest absolute Gasteiger partial charge is 0.416 e. The van der Waals surface area contributed by atoms with Crippen molar-refractivity contribution in [2.24, 2.45) is 5.73 Å². The molecular formula is C9H8ClF6N. The lowest BCUT2D eigenvalue weighted by atomic mass is 10.0. The van der Waals surface area contributed by atoms with E-state index in [2.05, 4.69) is 0 Å². The number of hydrogen-bond donors (Lipinski definition) is 1. The second-order valence-corrected chi connectivity index (χ2v) is 3.09. The molecule has 1 aromatic rings. The first-order valence-corrected chi connectivity index (χ1v) is 4.14. The van der Waals surface area contributed by atoms with E-state index in [0.717, 1.165) is 0 Å². The average molecular weight is 280 g/mol. The van der Waals surface area contributed by atoms with Crippen LogP contribution in [0.2, 0.25) is 0 Å². The van der Waals surface area contributed by atoms with Crippen molar-refractivity contribution in [1.82, 2.24) is 0 Å². The third-order valence-corrected chi connectivity index (χ3v) is 1.95. The van der Waals surface area contributed by atoms with Crippen LogP contribution in [0.15, 0.2) is 18.2 Å². The van der Waals surface area contributed by atoms with Crippen LogP contribution in [0.5, 0.6) is 0 Å². The molecule has 1 aromatic carbocycles. The van der Waals surface area contributed by atoms with Gasteiger partial charge >= 0.3 is 6.18 Å². The van der Waals surface area contributed by atoms with Crippen LogP contribution in [0.1, 0.15) is 17.2 Å². The number of benzene rings is 1. The summed E-state index contributed by atoms with van der Waals surface area (Å²) >= 11 is 0. The number of alkyl halides is 5. The Morgan fingerprint density at radius 2 is 1.65 bits per heavy atom. The molecule has 0 radical (unpaired) electrons. The molecule has 0 aliphatic carbocycles. The first kappa shape index (κ1) is 16.1. The molecule has 0 saturated carbocycles. The van der Waals surface area contributed by atoms with Crippen molar-refractivity contribution in [3.63, 3.8) is 0 Å². The summed E-state index contributed by atoms with van der Waals surface area (Å²) in [6, 6.07) is -0.656. The predicted octanol–water partition coefficient (Wildman–Crippen LogP) is 3.53. The molecule has 0 amide bonds. The fourth-order valence-corrected chi connectivity index (χ4v) is 1.20. The summed E-state index contributed by atoms with van der Waals surface area (Å²) in [6.45, 7) is 0. The van der Waals surface area contributed by atoms with E-state index in [1.54, 1.807) is 0 Å². The molecule has 1 rings (SSSR count). The third kappa shape index (κ3) is 3.78. The Morgan fingerprint density at radius 1 is 1.12 bits per heavy atom. The Labute approximate surface area is 99.0 Å². The molecule has 1 atom stereocenters. The highest BCUT2D eigenvalue weighted by atomic mass is 35.5. The van der Waals surface area contributed by atoms with E-state index in [-0.39, 0.29) is 18.5 Å². The summed E-state index contributed by atoms with van der Waals surface area (Å²) in [5, 5.41) is 0.